The quantitative estimate of drug-likeness (QED) is 0.660. The van der Waals surface area contributed by atoms with E-state index < -0.39 is 5.97 Å². The van der Waals surface area contributed by atoms with Gasteiger partial charge in [0, 0.05) is 10.6 Å². The minimum atomic E-state index is -0.468. The largest absolute Gasteiger partial charge is 0.465 e. The molecule has 0 spiro atoms. The number of aromatic amines is 1. The lowest BCUT2D eigenvalue weighted by atomic mass is 10.2. The molecule has 0 aliphatic carbocycles. The zero-order chi connectivity index (χ0) is 15.9. The van der Waals surface area contributed by atoms with Crippen LogP contribution < -0.4 is 0 Å². The first kappa shape index (κ1) is 15.2. The summed E-state index contributed by atoms with van der Waals surface area (Å²) in [5.74, 6) is 0.0741. The van der Waals surface area contributed by atoms with Crippen molar-refractivity contribution >= 4 is 51.8 Å². The Bertz CT molecular complexity index is 890. The number of esters is 1. The van der Waals surface area contributed by atoms with Crippen LogP contribution in [-0.4, -0.2) is 23.0 Å². The third-order valence-electron chi connectivity index (χ3n) is 3.15. The van der Waals surface area contributed by atoms with Crippen LogP contribution in [0.3, 0.4) is 0 Å². The summed E-state index contributed by atoms with van der Waals surface area (Å²) in [6.45, 7) is 0. The van der Waals surface area contributed by atoms with Crippen molar-refractivity contribution in [3.8, 4) is 11.4 Å². The van der Waals surface area contributed by atoms with E-state index in [0.717, 1.165) is 0 Å². The molecule has 1 aromatic heterocycles. The van der Waals surface area contributed by atoms with Crippen LogP contribution in [0.15, 0.2) is 30.3 Å². The second-order valence-electron chi connectivity index (χ2n) is 4.56. The highest BCUT2D eigenvalue weighted by molar-refractivity contribution is 6.37. The summed E-state index contributed by atoms with van der Waals surface area (Å²) in [4.78, 5) is 19.2. The summed E-state index contributed by atoms with van der Waals surface area (Å²) in [6, 6.07) is 8.26. The summed E-state index contributed by atoms with van der Waals surface area (Å²) >= 11 is 18.3. The van der Waals surface area contributed by atoms with E-state index in [2.05, 4.69) is 9.97 Å². The zero-order valence-electron chi connectivity index (χ0n) is 11.3. The molecule has 0 aliphatic rings. The Morgan fingerprint density at radius 3 is 2.59 bits per heavy atom. The second kappa shape index (κ2) is 5.80. The van der Waals surface area contributed by atoms with Crippen molar-refractivity contribution in [3.63, 3.8) is 0 Å². The SMILES string of the molecule is COC(=O)c1cc(Cl)c2nc(-c3ccc(Cl)cc3Cl)[nH]c2c1. The van der Waals surface area contributed by atoms with Gasteiger partial charge in [-0.3, -0.25) is 0 Å². The molecule has 0 radical (unpaired) electrons. The van der Waals surface area contributed by atoms with E-state index in [4.69, 9.17) is 39.5 Å². The molecule has 3 aromatic rings. The fourth-order valence-corrected chi connectivity index (χ4v) is 2.88. The minimum Gasteiger partial charge on any atom is -0.465 e. The van der Waals surface area contributed by atoms with Crippen LogP contribution in [0, 0.1) is 0 Å². The molecule has 0 saturated heterocycles. The summed E-state index contributed by atoms with van der Waals surface area (Å²) in [5.41, 5.74) is 2.21. The molecular formula is C15H9Cl3N2O2. The van der Waals surface area contributed by atoms with Crippen LogP contribution in [-0.2, 0) is 4.74 Å². The number of fused-ring (bicyclic) bond motifs is 1. The van der Waals surface area contributed by atoms with Crippen molar-refractivity contribution in [3.05, 3.63) is 51.0 Å². The minimum absolute atomic E-state index is 0.345. The normalized spacial score (nSPS) is 10.9. The lowest BCUT2D eigenvalue weighted by molar-refractivity contribution is 0.0601. The van der Waals surface area contributed by atoms with Gasteiger partial charge in [-0.1, -0.05) is 34.8 Å². The Balaban J connectivity index is 2.17. The first-order valence-electron chi connectivity index (χ1n) is 6.22. The number of halogens is 3. The zero-order valence-corrected chi connectivity index (χ0v) is 13.6. The van der Waals surface area contributed by atoms with Gasteiger partial charge in [0.15, 0.2) is 0 Å². The number of carbonyl (C=O) groups is 1. The monoisotopic (exact) mass is 354 g/mol. The van der Waals surface area contributed by atoms with Gasteiger partial charge in [0.1, 0.15) is 11.3 Å². The number of methoxy groups -OCH3 is 1. The van der Waals surface area contributed by atoms with Crippen LogP contribution in [0.25, 0.3) is 22.4 Å². The topological polar surface area (TPSA) is 55.0 Å². The maximum atomic E-state index is 11.6. The van der Waals surface area contributed by atoms with Crippen LogP contribution in [0.4, 0.5) is 0 Å². The first-order chi connectivity index (χ1) is 10.5. The molecule has 0 aliphatic heterocycles. The van der Waals surface area contributed by atoms with Crippen LogP contribution >= 0.6 is 34.8 Å². The molecule has 1 heterocycles. The third-order valence-corrected chi connectivity index (χ3v) is 3.98. The van der Waals surface area contributed by atoms with Crippen molar-refractivity contribution in [1.82, 2.24) is 9.97 Å². The maximum absolute atomic E-state index is 11.6. The van der Waals surface area contributed by atoms with Gasteiger partial charge in [-0.2, -0.15) is 0 Å². The summed E-state index contributed by atoms with van der Waals surface area (Å²) in [5, 5.41) is 1.36. The van der Waals surface area contributed by atoms with Crippen LogP contribution in [0.1, 0.15) is 10.4 Å². The summed E-state index contributed by atoms with van der Waals surface area (Å²) in [7, 11) is 1.31. The van der Waals surface area contributed by atoms with E-state index in [0.29, 0.717) is 43.1 Å². The molecule has 1 N–H and O–H groups in total. The van der Waals surface area contributed by atoms with Crippen molar-refractivity contribution in [1.29, 1.82) is 0 Å². The molecule has 0 atom stereocenters. The number of ether oxygens (including phenoxy) is 1. The van der Waals surface area contributed by atoms with E-state index in [1.165, 1.54) is 13.2 Å². The number of hydrogen-bond donors (Lipinski definition) is 1. The number of H-pyrrole nitrogens is 1. The highest BCUT2D eigenvalue weighted by atomic mass is 35.5. The molecule has 7 heteroatoms. The molecule has 0 saturated carbocycles. The average molecular weight is 356 g/mol. The van der Waals surface area contributed by atoms with Crippen molar-refractivity contribution < 1.29 is 9.53 Å². The molecule has 0 bridgehead atoms. The van der Waals surface area contributed by atoms with Gasteiger partial charge in [-0.15, -0.1) is 0 Å². The van der Waals surface area contributed by atoms with E-state index >= 15 is 0 Å². The van der Waals surface area contributed by atoms with Crippen LogP contribution in [0.2, 0.25) is 15.1 Å². The van der Waals surface area contributed by atoms with E-state index in [-0.39, 0.29) is 0 Å². The number of benzene rings is 2. The number of rotatable bonds is 2. The molecule has 4 nitrogen and oxygen atoms in total. The molecular weight excluding hydrogens is 347 g/mol. The van der Waals surface area contributed by atoms with Gasteiger partial charge in [-0.05, 0) is 30.3 Å². The van der Waals surface area contributed by atoms with Gasteiger partial charge < -0.3 is 9.72 Å². The predicted molar refractivity (Wildman–Crippen MR) is 87.9 cm³/mol. The fourth-order valence-electron chi connectivity index (χ4n) is 2.12. The van der Waals surface area contributed by atoms with Gasteiger partial charge in [0.25, 0.3) is 0 Å². The number of hydrogen-bond acceptors (Lipinski definition) is 3. The van der Waals surface area contributed by atoms with Crippen molar-refractivity contribution in [2.75, 3.05) is 7.11 Å². The number of imidazole rings is 1. The van der Waals surface area contributed by atoms with Crippen LogP contribution in [0.5, 0.6) is 0 Å². The van der Waals surface area contributed by atoms with Gasteiger partial charge in [0.05, 0.1) is 28.2 Å². The molecule has 0 fully saturated rings. The first-order valence-corrected chi connectivity index (χ1v) is 7.36. The highest BCUT2D eigenvalue weighted by Crippen LogP contribution is 2.32. The third kappa shape index (κ3) is 2.65. The Labute approximate surface area is 141 Å². The van der Waals surface area contributed by atoms with Gasteiger partial charge >= 0.3 is 5.97 Å². The predicted octanol–water partition coefficient (Wildman–Crippen LogP) is 4.98. The number of aromatic nitrogens is 2. The lowest BCUT2D eigenvalue weighted by Gasteiger charge is -2.00. The fraction of sp³-hybridized carbons (Fsp3) is 0.0667. The van der Waals surface area contributed by atoms with E-state index in [1.807, 2.05) is 0 Å². The standard InChI is InChI=1S/C15H9Cl3N2O2/c1-22-15(21)7-4-11(18)13-12(5-7)19-14(20-13)9-3-2-8(16)6-10(9)17/h2-6H,1H3,(H,19,20). The number of carbonyl (C=O) groups excluding carboxylic acids is 1. The Kier molecular flexibility index (Phi) is 4.00. The molecule has 0 unspecified atom stereocenters. The smallest absolute Gasteiger partial charge is 0.337 e. The van der Waals surface area contributed by atoms with E-state index in [1.54, 1.807) is 24.3 Å². The van der Waals surface area contributed by atoms with Gasteiger partial charge in [-0.25, -0.2) is 9.78 Å². The van der Waals surface area contributed by atoms with Crippen molar-refractivity contribution in [2.24, 2.45) is 0 Å². The Hall–Kier alpha value is -1.75. The van der Waals surface area contributed by atoms with Gasteiger partial charge in [0.2, 0.25) is 0 Å². The van der Waals surface area contributed by atoms with E-state index in [9.17, 15) is 4.79 Å². The average Bonchev–Trinajstić information content (AvgIpc) is 2.90. The summed E-state index contributed by atoms with van der Waals surface area (Å²) < 4.78 is 4.70. The Morgan fingerprint density at radius 2 is 1.91 bits per heavy atom. The molecule has 112 valence electrons. The Morgan fingerprint density at radius 1 is 1.14 bits per heavy atom. The second-order valence-corrected chi connectivity index (χ2v) is 5.81. The molecule has 0 amide bonds. The number of nitrogens with zero attached hydrogens (tertiary/aromatic N) is 1. The lowest BCUT2D eigenvalue weighted by Crippen LogP contribution is -2.00. The molecule has 22 heavy (non-hydrogen) atoms. The number of nitrogens with one attached hydrogen (secondary N) is 1. The highest BCUT2D eigenvalue weighted by Gasteiger charge is 2.15. The maximum Gasteiger partial charge on any atom is 0.337 e. The summed E-state index contributed by atoms with van der Waals surface area (Å²) in [6.07, 6.45) is 0. The van der Waals surface area contributed by atoms with Crippen molar-refractivity contribution in [2.45, 2.75) is 0 Å². The molecule has 3 rings (SSSR count). The molecule has 2 aromatic carbocycles.